The maximum atomic E-state index is 13.8. The molecular formula is C29H48N4O4. The molecule has 8 atom stereocenters. The fourth-order valence-corrected chi connectivity index (χ4v) is 7.07. The summed E-state index contributed by atoms with van der Waals surface area (Å²) >= 11 is 0. The Labute approximate surface area is 222 Å². The summed E-state index contributed by atoms with van der Waals surface area (Å²) in [5.74, 6) is 1.05. The number of aliphatic hydroxyl groups is 2. The highest BCUT2D eigenvalue weighted by atomic mass is 16.7. The number of hydrogen-bond acceptors (Lipinski definition) is 7. The summed E-state index contributed by atoms with van der Waals surface area (Å²) in [5, 5.41) is 29.1. The Balaban J connectivity index is 1.46. The Morgan fingerprint density at radius 2 is 2.05 bits per heavy atom. The average molecular weight is 517 g/mol. The van der Waals surface area contributed by atoms with E-state index in [0.29, 0.717) is 29.7 Å². The van der Waals surface area contributed by atoms with E-state index in [9.17, 15) is 15.0 Å². The van der Waals surface area contributed by atoms with Gasteiger partial charge in [0.15, 0.2) is 0 Å². The van der Waals surface area contributed by atoms with E-state index in [4.69, 9.17) is 4.84 Å². The molecule has 3 saturated carbocycles. The molecule has 1 aliphatic heterocycles. The summed E-state index contributed by atoms with van der Waals surface area (Å²) in [4.78, 5) is 22.0. The van der Waals surface area contributed by atoms with Crippen molar-refractivity contribution in [1.29, 1.82) is 0 Å². The van der Waals surface area contributed by atoms with Gasteiger partial charge >= 0.3 is 0 Å². The normalized spacial score (nSPS) is 33.7. The van der Waals surface area contributed by atoms with Gasteiger partial charge in [0, 0.05) is 24.2 Å². The molecule has 8 nitrogen and oxygen atoms in total. The molecule has 8 heteroatoms. The summed E-state index contributed by atoms with van der Waals surface area (Å²) in [5.41, 5.74) is 2.38. The number of anilines is 1. The second-order valence-electron chi connectivity index (χ2n) is 12.5. The van der Waals surface area contributed by atoms with Crippen LogP contribution in [0.3, 0.4) is 0 Å². The summed E-state index contributed by atoms with van der Waals surface area (Å²) < 4.78 is 0. The van der Waals surface area contributed by atoms with Crippen LogP contribution in [0.5, 0.6) is 0 Å². The van der Waals surface area contributed by atoms with E-state index >= 15 is 0 Å². The molecule has 2 bridgehead atoms. The van der Waals surface area contributed by atoms with Gasteiger partial charge in [-0.1, -0.05) is 32.9 Å². The Bertz CT molecular complexity index is 923. The van der Waals surface area contributed by atoms with Crippen molar-refractivity contribution >= 4 is 11.6 Å². The van der Waals surface area contributed by atoms with Crippen molar-refractivity contribution in [2.75, 3.05) is 39.1 Å². The number of aliphatic hydroxyl groups excluding tert-OH is 2. The van der Waals surface area contributed by atoms with Crippen LogP contribution in [0, 0.1) is 29.1 Å². The molecule has 4 N–H and O–H groups in total. The molecule has 4 fully saturated rings. The lowest BCUT2D eigenvalue weighted by atomic mass is 9.45. The minimum atomic E-state index is -0.793. The summed E-state index contributed by atoms with van der Waals surface area (Å²) in [6.45, 7) is 10.7. The first-order chi connectivity index (χ1) is 17.5. The van der Waals surface area contributed by atoms with Gasteiger partial charge in [-0.05, 0) is 87.7 Å². The van der Waals surface area contributed by atoms with Crippen LogP contribution in [0.25, 0.3) is 0 Å². The van der Waals surface area contributed by atoms with Gasteiger partial charge in [0.2, 0.25) is 5.91 Å². The van der Waals surface area contributed by atoms with Gasteiger partial charge in [0.05, 0.1) is 19.3 Å². The van der Waals surface area contributed by atoms with Crippen molar-refractivity contribution in [2.45, 2.75) is 77.8 Å². The minimum absolute atomic E-state index is 0.115. The summed E-state index contributed by atoms with van der Waals surface area (Å²) in [7, 11) is 4.14. The second kappa shape index (κ2) is 11.6. The van der Waals surface area contributed by atoms with Gasteiger partial charge in [-0.15, -0.1) is 0 Å². The van der Waals surface area contributed by atoms with Crippen molar-refractivity contribution < 1.29 is 19.8 Å². The van der Waals surface area contributed by atoms with Crippen LogP contribution in [0.4, 0.5) is 5.69 Å². The highest BCUT2D eigenvalue weighted by molar-refractivity contribution is 5.82. The smallest absolute Gasteiger partial charge is 0.240 e. The van der Waals surface area contributed by atoms with Crippen LogP contribution in [-0.2, 0) is 16.2 Å². The predicted octanol–water partition coefficient (Wildman–Crippen LogP) is 2.71. The number of amides is 1. The fourth-order valence-electron chi connectivity index (χ4n) is 7.07. The third kappa shape index (κ3) is 5.98. The van der Waals surface area contributed by atoms with E-state index in [1.54, 1.807) is 12.0 Å². The topological polar surface area (TPSA) is 97.3 Å². The molecule has 3 aliphatic carbocycles. The first kappa shape index (κ1) is 28.3. The molecule has 1 unspecified atom stereocenters. The van der Waals surface area contributed by atoms with Gasteiger partial charge in [0.25, 0.3) is 0 Å². The van der Waals surface area contributed by atoms with Gasteiger partial charge in [0.1, 0.15) is 12.1 Å². The molecular weight excluding hydrogens is 468 g/mol. The first-order valence-corrected chi connectivity index (χ1v) is 14.0. The Morgan fingerprint density at radius 3 is 2.68 bits per heavy atom. The van der Waals surface area contributed by atoms with Gasteiger partial charge in [-0.25, -0.2) is 0 Å². The Kier molecular flexibility index (Phi) is 8.86. The monoisotopic (exact) mass is 516 g/mol. The Morgan fingerprint density at radius 1 is 1.30 bits per heavy atom. The van der Waals surface area contributed by atoms with E-state index in [1.807, 2.05) is 18.2 Å². The standard InChI is InChI=1S/C29H48N4O4/c1-18-23-14-21(29(23,3)4)15-24(18)31-28(36)27-26(19(2)35)25(17-34)37-33(27)16-20-9-7-10-22(13-20)30-11-8-12-32(5)6/h7,9-10,13,18-19,21,23-27,30,34-35H,8,11-12,14-17H2,1-6H3,(H,31,36)/t18?,19-,21+,23-,24-,25-,26+,27-/m0/s1. The molecule has 1 amide bonds. The van der Waals surface area contributed by atoms with Crippen molar-refractivity contribution in [1.82, 2.24) is 15.3 Å². The summed E-state index contributed by atoms with van der Waals surface area (Å²) in [6.07, 6.45) is 1.87. The largest absolute Gasteiger partial charge is 0.394 e. The van der Waals surface area contributed by atoms with E-state index in [0.717, 1.165) is 37.2 Å². The molecule has 0 spiro atoms. The fraction of sp³-hybridized carbons (Fsp3) is 0.759. The average Bonchev–Trinajstić information content (AvgIpc) is 3.21. The van der Waals surface area contributed by atoms with Crippen molar-refractivity contribution in [3.05, 3.63) is 29.8 Å². The zero-order valence-corrected chi connectivity index (χ0v) is 23.5. The zero-order chi connectivity index (χ0) is 26.9. The van der Waals surface area contributed by atoms with Crippen LogP contribution in [0.15, 0.2) is 24.3 Å². The van der Waals surface area contributed by atoms with E-state index in [-0.39, 0.29) is 18.6 Å². The maximum Gasteiger partial charge on any atom is 0.240 e. The predicted molar refractivity (Wildman–Crippen MR) is 146 cm³/mol. The molecule has 208 valence electrons. The third-order valence-corrected chi connectivity index (χ3v) is 9.44. The lowest BCUT2D eigenvalue weighted by Crippen LogP contribution is -2.62. The number of hydroxylamine groups is 2. The molecule has 1 saturated heterocycles. The van der Waals surface area contributed by atoms with Crippen molar-refractivity contribution in [3.8, 4) is 0 Å². The lowest BCUT2D eigenvalue weighted by Gasteiger charge is -2.62. The summed E-state index contributed by atoms with van der Waals surface area (Å²) in [6, 6.07) is 7.60. The molecule has 5 rings (SSSR count). The zero-order valence-electron chi connectivity index (χ0n) is 23.5. The minimum Gasteiger partial charge on any atom is -0.394 e. The number of rotatable bonds is 11. The number of hydrogen-bond donors (Lipinski definition) is 4. The molecule has 1 aromatic rings. The van der Waals surface area contributed by atoms with Crippen LogP contribution in [0.2, 0.25) is 0 Å². The van der Waals surface area contributed by atoms with Crippen molar-refractivity contribution in [2.24, 2.45) is 29.1 Å². The van der Waals surface area contributed by atoms with Gasteiger partial charge in [-0.3, -0.25) is 9.63 Å². The van der Waals surface area contributed by atoms with Crippen LogP contribution < -0.4 is 10.6 Å². The SMILES string of the molecule is CC1[C@@H](NC(=O)[C@@H]2[C@H]([C@H](C)O)[C@H](CO)ON2Cc2cccc(NCCCN(C)C)c2)C[C@H]2C[C@@H]1C2(C)C. The highest BCUT2D eigenvalue weighted by Crippen LogP contribution is 2.61. The molecule has 1 aromatic carbocycles. The highest BCUT2D eigenvalue weighted by Gasteiger charge is 2.57. The number of nitrogens with zero attached hydrogens (tertiary/aromatic N) is 2. The quantitative estimate of drug-likeness (QED) is 0.336. The second-order valence-corrected chi connectivity index (χ2v) is 12.5. The van der Waals surface area contributed by atoms with Gasteiger partial charge in [-0.2, -0.15) is 5.06 Å². The van der Waals surface area contributed by atoms with Crippen LogP contribution in [0.1, 0.15) is 52.5 Å². The lowest BCUT2D eigenvalue weighted by molar-refractivity contribution is -0.183. The van der Waals surface area contributed by atoms with Crippen LogP contribution in [-0.4, -0.2) is 84.2 Å². The van der Waals surface area contributed by atoms with E-state index in [1.165, 1.54) is 6.42 Å². The number of fused-ring (bicyclic) bond motifs is 2. The molecule has 0 aromatic heterocycles. The van der Waals surface area contributed by atoms with Gasteiger partial charge < -0.3 is 25.7 Å². The first-order valence-electron chi connectivity index (χ1n) is 14.0. The number of benzene rings is 1. The van der Waals surface area contributed by atoms with E-state index in [2.05, 4.69) is 56.5 Å². The molecule has 4 aliphatic rings. The van der Waals surface area contributed by atoms with Crippen molar-refractivity contribution in [3.63, 3.8) is 0 Å². The number of carbonyl (C=O) groups is 1. The third-order valence-electron chi connectivity index (χ3n) is 9.44. The number of carbonyl (C=O) groups excluding carboxylic acids is 1. The number of nitrogens with one attached hydrogen (secondary N) is 2. The van der Waals surface area contributed by atoms with E-state index < -0.39 is 24.2 Å². The molecule has 37 heavy (non-hydrogen) atoms. The maximum absolute atomic E-state index is 13.8. The Hall–Kier alpha value is -1.71. The molecule has 1 heterocycles. The molecule has 0 radical (unpaired) electrons. The van der Waals surface area contributed by atoms with Crippen LogP contribution >= 0.6 is 0 Å².